The number of hydrogen-bond acceptors (Lipinski definition) is 5. The van der Waals surface area contributed by atoms with Crippen LogP contribution >= 0.6 is 0 Å². The molecule has 0 aliphatic rings. The van der Waals surface area contributed by atoms with Crippen LogP contribution in [0.4, 0.5) is 0 Å². The molecule has 2 rings (SSSR count). The highest BCUT2D eigenvalue weighted by Gasteiger charge is 2.21. The van der Waals surface area contributed by atoms with Crippen molar-refractivity contribution in [3.05, 3.63) is 53.1 Å². The first-order valence-corrected chi connectivity index (χ1v) is 6.69. The van der Waals surface area contributed by atoms with Crippen molar-refractivity contribution in [1.29, 1.82) is 0 Å². The third-order valence-corrected chi connectivity index (χ3v) is 3.35. The fourth-order valence-corrected chi connectivity index (χ4v) is 2.20. The van der Waals surface area contributed by atoms with Crippen molar-refractivity contribution in [1.82, 2.24) is 0 Å². The number of carbonyl (C=O) groups excluding carboxylic acids is 1. The number of ketones is 1. The summed E-state index contributed by atoms with van der Waals surface area (Å²) in [5.74, 6) is 1.01. The Kier molecular flexibility index (Phi) is 5.01. The van der Waals surface area contributed by atoms with Gasteiger partial charge in [0.15, 0.2) is 17.3 Å². The van der Waals surface area contributed by atoms with Crippen molar-refractivity contribution in [2.24, 2.45) is 0 Å². The van der Waals surface area contributed by atoms with E-state index in [2.05, 4.69) is 0 Å². The molecule has 0 atom stereocenters. The van der Waals surface area contributed by atoms with Crippen LogP contribution in [0.25, 0.3) is 0 Å². The van der Waals surface area contributed by atoms with Crippen LogP contribution in [0, 0.1) is 0 Å². The molecular weight excluding hydrogens is 284 g/mol. The lowest BCUT2D eigenvalue weighted by atomic mass is 10.0. The van der Waals surface area contributed by atoms with Crippen LogP contribution in [0.5, 0.6) is 17.2 Å². The normalized spacial score (nSPS) is 10.2. The van der Waals surface area contributed by atoms with Gasteiger partial charge < -0.3 is 19.3 Å². The van der Waals surface area contributed by atoms with Crippen molar-refractivity contribution in [2.45, 2.75) is 6.61 Å². The van der Waals surface area contributed by atoms with Crippen LogP contribution in [0.2, 0.25) is 0 Å². The molecule has 0 amide bonds. The molecule has 0 aromatic heterocycles. The number of rotatable bonds is 6. The molecule has 116 valence electrons. The molecule has 0 saturated heterocycles. The van der Waals surface area contributed by atoms with E-state index < -0.39 is 0 Å². The minimum Gasteiger partial charge on any atom is -0.493 e. The lowest BCUT2D eigenvalue weighted by Gasteiger charge is -2.15. The number of ether oxygens (including phenoxy) is 3. The number of benzene rings is 2. The van der Waals surface area contributed by atoms with Gasteiger partial charge in [0.2, 0.25) is 5.75 Å². The minimum absolute atomic E-state index is 0.0614. The zero-order valence-corrected chi connectivity index (χ0v) is 12.8. The monoisotopic (exact) mass is 302 g/mol. The van der Waals surface area contributed by atoms with Gasteiger partial charge in [-0.15, -0.1) is 0 Å². The summed E-state index contributed by atoms with van der Waals surface area (Å²) in [4.78, 5) is 12.7. The molecule has 0 unspecified atom stereocenters. The molecule has 0 bridgehead atoms. The summed E-state index contributed by atoms with van der Waals surface area (Å²) in [7, 11) is 4.49. The number of carbonyl (C=O) groups is 1. The number of aliphatic hydroxyl groups excluding tert-OH is 1. The topological polar surface area (TPSA) is 65.0 Å². The van der Waals surface area contributed by atoms with Gasteiger partial charge in [-0.1, -0.05) is 24.3 Å². The molecule has 2 aromatic rings. The van der Waals surface area contributed by atoms with Gasteiger partial charge in [-0.05, 0) is 17.7 Å². The molecule has 0 saturated carbocycles. The molecule has 1 N–H and O–H groups in total. The summed E-state index contributed by atoms with van der Waals surface area (Å²) < 4.78 is 15.8. The van der Waals surface area contributed by atoms with E-state index in [0.29, 0.717) is 28.4 Å². The van der Waals surface area contributed by atoms with Crippen LogP contribution in [0.1, 0.15) is 21.5 Å². The smallest absolute Gasteiger partial charge is 0.204 e. The van der Waals surface area contributed by atoms with Crippen molar-refractivity contribution in [3.63, 3.8) is 0 Å². The molecule has 0 aliphatic heterocycles. The van der Waals surface area contributed by atoms with Gasteiger partial charge in [-0.25, -0.2) is 0 Å². The maximum absolute atomic E-state index is 12.7. The second kappa shape index (κ2) is 6.95. The Morgan fingerprint density at radius 1 is 0.909 bits per heavy atom. The summed E-state index contributed by atoms with van der Waals surface area (Å²) in [6.07, 6.45) is 0. The third kappa shape index (κ3) is 2.89. The molecule has 0 spiro atoms. The van der Waals surface area contributed by atoms with Crippen LogP contribution in [0.15, 0.2) is 36.4 Å². The highest BCUT2D eigenvalue weighted by Crippen LogP contribution is 2.40. The van der Waals surface area contributed by atoms with Gasteiger partial charge in [0.05, 0.1) is 33.5 Å². The summed E-state index contributed by atoms with van der Waals surface area (Å²) >= 11 is 0. The molecule has 0 radical (unpaired) electrons. The highest BCUT2D eigenvalue weighted by molar-refractivity contribution is 6.11. The van der Waals surface area contributed by atoms with Crippen molar-refractivity contribution in [2.75, 3.05) is 21.3 Å². The van der Waals surface area contributed by atoms with Gasteiger partial charge in [0.1, 0.15) is 0 Å². The van der Waals surface area contributed by atoms with Crippen LogP contribution in [-0.2, 0) is 6.61 Å². The Morgan fingerprint density at radius 3 is 2.05 bits per heavy atom. The highest BCUT2D eigenvalue weighted by atomic mass is 16.5. The van der Waals surface area contributed by atoms with Gasteiger partial charge in [0.25, 0.3) is 0 Å². The molecule has 2 aromatic carbocycles. The number of hydrogen-bond donors (Lipinski definition) is 1. The van der Waals surface area contributed by atoms with E-state index in [9.17, 15) is 4.79 Å². The predicted octanol–water partition coefficient (Wildman–Crippen LogP) is 2.44. The van der Waals surface area contributed by atoms with Crippen LogP contribution < -0.4 is 14.2 Å². The molecule has 0 aliphatic carbocycles. The zero-order valence-electron chi connectivity index (χ0n) is 12.8. The summed E-state index contributed by atoms with van der Waals surface area (Å²) in [5.41, 5.74) is 1.63. The lowest BCUT2D eigenvalue weighted by Crippen LogP contribution is -2.06. The SMILES string of the molecule is COc1ccc(C(=O)c2ccc(CO)cc2)c(OC)c1OC. The maximum Gasteiger partial charge on any atom is 0.204 e. The van der Waals surface area contributed by atoms with E-state index in [0.717, 1.165) is 5.56 Å². The van der Waals surface area contributed by atoms with Gasteiger partial charge >= 0.3 is 0 Å². The first-order valence-electron chi connectivity index (χ1n) is 6.69. The number of methoxy groups -OCH3 is 3. The Hall–Kier alpha value is -2.53. The van der Waals surface area contributed by atoms with E-state index in [4.69, 9.17) is 19.3 Å². The van der Waals surface area contributed by atoms with E-state index in [1.165, 1.54) is 21.3 Å². The van der Waals surface area contributed by atoms with Gasteiger partial charge in [-0.2, -0.15) is 0 Å². The van der Waals surface area contributed by atoms with Crippen LogP contribution in [-0.4, -0.2) is 32.2 Å². The minimum atomic E-state index is -0.192. The van der Waals surface area contributed by atoms with Gasteiger partial charge in [-0.3, -0.25) is 4.79 Å². The molecule has 22 heavy (non-hydrogen) atoms. The fourth-order valence-electron chi connectivity index (χ4n) is 2.20. The second-order valence-corrected chi connectivity index (χ2v) is 4.57. The molecule has 0 fully saturated rings. The first kappa shape index (κ1) is 15.9. The molecular formula is C17H18O5. The molecule has 5 heteroatoms. The van der Waals surface area contributed by atoms with Crippen molar-refractivity contribution < 1.29 is 24.1 Å². The summed E-state index contributed by atoms with van der Waals surface area (Å²) in [6, 6.07) is 10.1. The van der Waals surface area contributed by atoms with Gasteiger partial charge in [0, 0.05) is 5.56 Å². The Balaban J connectivity index is 2.48. The first-order chi connectivity index (χ1) is 10.7. The average Bonchev–Trinajstić information content (AvgIpc) is 2.59. The zero-order chi connectivity index (χ0) is 16.1. The van der Waals surface area contributed by atoms with E-state index >= 15 is 0 Å². The quantitative estimate of drug-likeness (QED) is 0.830. The standard InChI is InChI=1S/C17H18O5/c1-20-14-9-8-13(16(21-2)17(14)22-3)15(19)12-6-4-11(10-18)5-7-12/h4-9,18H,10H2,1-3H3. The van der Waals surface area contributed by atoms with E-state index in [1.807, 2.05) is 0 Å². The number of aliphatic hydroxyl groups is 1. The fraction of sp³-hybridized carbons (Fsp3) is 0.235. The summed E-state index contributed by atoms with van der Waals surface area (Å²) in [6.45, 7) is -0.0614. The van der Waals surface area contributed by atoms with E-state index in [1.54, 1.807) is 36.4 Å². The molecule has 0 heterocycles. The summed E-state index contributed by atoms with van der Waals surface area (Å²) in [5, 5.41) is 9.06. The maximum atomic E-state index is 12.7. The second-order valence-electron chi connectivity index (χ2n) is 4.57. The van der Waals surface area contributed by atoms with Crippen molar-refractivity contribution >= 4 is 5.78 Å². The largest absolute Gasteiger partial charge is 0.493 e. The Labute approximate surface area is 129 Å². The van der Waals surface area contributed by atoms with Crippen molar-refractivity contribution in [3.8, 4) is 17.2 Å². The third-order valence-electron chi connectivity index (χ3n) is 3.35. The van der Waals surface area contributed by atoms with E-state index in [-0.39, 0.29) is 12.4 Å². The Bertz CT molecular complexity index is 661. The molecule has 5 nitrogen and oxygen atoms in total. The predicted molar refractivity (Wildman–Crippen MR) is 81.9 cm³/mol. The van der Waals surface area contributed by atoms with Crippen LogP contribution in [0.3, 0.4) is 0 Å². The lowest BCUT2D eigenvalue weighted by molar-refractivity contribution is 0.103. The average molecular weight is 302 g/mol. The Morgan fingerprint density at radius 2 is 1.55 bits per heavy atom.